The summed E-state index contributed by atoms with van der Waals surface area (Å²) in [5.41, 5.74) is 8.47. The minimum atomic E-state index is -1.23. The van der Waals surface area contributed by atoms with E-state index >= 15 is 0 Å². The Balaban J connectivity index is 1.32. The van der Waals surface area contributed by atoms with Crippen molar-refractivity contribution in [3.05, 3.63) is 107 Å². The van der Waals surface area contributed by atoms with E-state index in [4.69, 9.17) is 5.73 Å². The highest BCUT2D eigenvalue weighted by molar-refractivity contribution is 7.98. The second-order valence-electron chi connectivity index (χ2n) is 23.1. The quantitative estimate of drug-likeness (QED) is 0.0938. The summed E-state index contributed by atoms with van der Waals surface area (Å²) in [6, 6.07) is 21.8. The number of fused-ring (bicyclic) bond motifs is 29. The van der Waals surface area contributed by atoms with Gasteiger partial charge in [-0.05, 0) is 86.1 Å². The van der Waals surface area contributed by atoms with Gasteiger partial charge < -0.3 is 56.8 Å². The topological polar surface area (TPSA) is 315 Å². The molecule has 2 aliphatic heterocycles. The number of rotatable bonds is 17. The van der Waals surface area contributed by atoms with E-state index < -0.39 is 123 Å². The number of thioether (sulfide) groups is 1. The van der Waals surface area contributed by atoms with Gasteiger partial charge in [0.25, 0.3) is 5.91 Å². The van der Waals surface area contributed by atoms with Gasteiger partial charge in [-0.3, -0.25) is 52.7 Å². The van der Waals surface area contributed by atoms with Crippen molar-refractivity contribution in [1.82, 2.24) is 40.9 Å². The third kappa shape index (κ3) is 25.0. The third-order valence-electron chi connectivity index (χ3n) is 15.6. The summed E-state index contributed by atoms with van der Waals surface area (Å²) < 4.78 is 0. The van der Waals surface area contributed by atoms with Gasteiger partial charge in [0.05, 0.1) is 44.7 Å². The van der Waals surface area contributed by atoms with Crippen molar-refractivity contribution >= 4 is 76.9 Å². The second-order valence-corrected chi connectivity index (χ2v) is 24.2. The number of benzene rings is 3. The molecular formula is C63H85N9O13S. The van der Waals surface area contributed by atoms with E-state index in [2.05, 4.69) is 21.3 Å². The molecule has 1 unspecified atom stereocenters. The highest BCUT2D eigenvalue weighted by Crippen LogP contribution is 2.33. The molecular weight excluding hydrogens is 1120 g/mol. The average molecular weight is 1210 g/mol. The van der Waals surface area contributed by atoms with Crippen LogP contribution in [0.5, 0.6) is 0 Å². The van der Waals surface area contributed by atoms with E-state index in [1.165, 1.54) is 31.4 Å². The maximum absolute atomic E-state index is 14.4. The monoisotopic (exact) mass is 1210 g/mol. The summed E-state index contributed by atoms with van der Waals surface area (Å²) in [6.07, 6.45) is 6.43. The van der Waals surface area contributed by atoms with Crippen LogP contribution in [0.2, 0.25) is 0 Å². The summed E-state index contributed by atoms with van der Waals surface area (Å²) in [5, 5.41) is 31.1. The molecule has 4 aliphatic rings. The van der Waals surface area contributed by atoms with Gasteiger partial charge in [0.1, 0.15) is 0 Å². The molecule has 2 fully saturated rings. The number of nitrogens with one attached hydrogen (secondary N) is 4. The fourth-order valence-electron chi connectivity index (χ4n) is 11.0. The molecule has 2 saturated carbocycles. The predicted octanol–water partition coefficient (Wildman–Crippen LogP) is 4.07. The van der Waals surface area contributed by atoms with Crippen LogP contribution in [-0.2, 0) is 66.5 Å². The van der Waals surface area contributed by atoms with Crippen molar-refractivity contribution in [1.29, 1.82) is 0 Å². The molecule has 0 saturated heterocycles. The average Bonchev–Trinajstić information content (AvgIpc) is 4.35. The first-order valence-electron chi connectivity index (χ1n) is 30.0. The van der Waals surface area contributed by atoms with Gasteiger partial charge in [-0.25, -0.2) is 0 Å². The van der Waals surface area contributed by atoms with Gasteiger partial charge >= 0.3 is 11.9 Å². The van der Waals surface area contributed by atoms with Gasteiger partial charge in [-0.15, -0.1) is 0 Å². The van der Waals surface area contributed by atoms with Gasteiger partial charge in [-0.2, -0.15) is 11.8 Å². The van der Waals surface area contributed by atoms with Crippen molar-refractivity contribution in [2.45, 2.75) is 146 Å². The van der Waals surface area contributed by atoms with Crippen molar-refractivity contribution in [3.63, 3.8) is 0 Å². The zero-order chi connectivity index (χ0) is 62.0. The van der Waals surface area contributed by atoms with Crippen LogP contribution in [-0.4, -0.2) is 177 Å². The number of primary amides is 1. The van der Waals surface area contributed by atoms with Gasteiger partial charge in [0, 0.05) is 87.4 Å². The fraction of sp³-hybridized carbons (Fsp3) is 0.540. The largest absolute Gasteiger partial charge is 0.481 e. The lowest BCUT2D eigenvalue weighted by Gasteiger charge is -2.32. The van der Waals surface area contributed by atoms with Crippen molar-refractivity contribution < 1.29 is 63.0 Å². The lowest BCUT2D eigenvalue weighted by atomic mass is 9.86. The minimum absolute atomic E-state index is 0.00290. The van der Waals surface area contributed by atoms with Gasteiger partial charge in [0.15, 0.2) is 0 Å². The molecule has 3 aromatic carbocycles. The standard InChI is InChI=1S/C63H85N9O13S/c1-43-34-69(60(80)33-47-17-18-47)40-55(75)66-50(24-27-61(81)82)35-71(57(77)25-21-44-11-5-2-6-12-44)41-56(76)67-51(31-45-13-7-3-8-14-45)36-70(38-53(64)73)59(79)29-30-86-42-48-19-22-49(23-20-48)63(85)68-52(32-46-15-9-4-10-16-46)37-72(39-54(74)65-43)58(78)26-28-62(83)84/h3-4,7-10,13-16,19-20,22-23,43-44,47,50-52H,2,5-6,11-12,17-18,21,24-42H2,1H3,(H2,64,73)(H,65,74)(H,66,75)(H,67,76)(H,68,85)(H,81,82)(H,83,84)/t43-,50-,51-,52?/m0/s1. The zero-order valence-electron chi connectivity index (χ0n) is 49.3. The summed E-state index contributed by atoms with van der Waals surface area (Å²) in [6.45, 7) is -1.13. The number of nitrogens with zero attached hydrogens (tertiary/aromatic N) is 4. The van der Waals surface area contributed by atoms with Gasteiger partial charge in [0.2, 0.25) is 47.3 Å². The Morgan fingerprint density at radius 3 is 1.66 bits per heavy atom. The molecule has 466 valence electrons. The van der Waals surface area contributed by atoms with E-state index in [9.17, 15) is 63.0 Å². The molecule has 4 atom stereocenters. The fourth-order valence-corrected chi connectivity index (χ4v) is 11.8. The van der Waals surface area contributed by atoms with E-state index in [0.717, 1.165) is 61.6 Å². The Labute approximate surface area is 507 Å². The van der Waals surface area contributed by atoms with Crippen LogP contribution >= 0.6 is 11.8 Å². The highest BCUT2D eigenvalue weighted by atomic mass is 32.2. The number of carbonyl (C=O) groups is 11. The maximum Gasteiger partial charge on any atom is 0.303 e. The van der Waals surface area contributed by atoms with Crippen LogP contribution in [0.4, 0.5) is 0 Å². The van der Waals surface area contributed by atoms with Crippen LogP contribution in [0.1, 0.15) is 130 Å². The number of amides is 9. The molecule has 7 rings (SSSR count). The van der Waals surface area contributed by atoms with Gasteiger partial charge in [-0.1, -0.05) is 105 Å². The van der Waals surface area contributed by atoms with Crippen LogP contribution < -0.4 is 27.0 Å². The SMILES string of the molecule is C[C@H]1CN(C(=O)CC2CC2)CC(=O)N[C@@H](CCC(=O)O)CN(C(=O)CCC2CCCCC2)CC(=O)N[C@@H](Cc2ccccc2)CN(CC(N)=O)C(=O)CCSCc2ccc(cc2)C(=O)NC(Cc2ccccc2)CN(C(=O)CCC(=O)O)CC(=O)N1. The number of aliphatic carboxylic acids is 2. The first-order valence-corrected chi connectivity index (χ1v) is 31.2. The molecule has 22 nitrogen and oxygen atoms in total. The molecule has 0 aromatic heterocycles. The Morgan fingerprint density at radius 2 is 1.09 bits per heavy atom. The smallest absolute Gasteiger partial charge is 0.303 e. The van der Waals surface area contributed by atoms with E-state index in [1.54, 1.807) is 31.2 Å². The normalized spacial score (nSPS) is 21.0. The number of hydrogen-bond donors (Lipinski definition) is 7. The van der Waals surface area contributed by atoms with Crippen LogP contribution in [0.15, 0.2) is 84.9 Å². The summed E-state index contributed by atoms with van der Waals surface area (Å²) in [4.78, 5) is 154. The number of carboxylic acids is 2. The Bertz CT molecular complexity index is 2780. The highest BCUT2D eigenvalue weighted by Gasteiger charge is 2.32. The summed E-state index contributed by atoms with van der Waals surface area (Å²) >= 11 is 1.44. The number of carbonyl (C=O) groups excluding carboxylic acids is 9. The molecule has 86 heavy (non-hydrogen) atoms. The molecule has 23 heteroatoms. The molecule has 3 aromatic rings. The number of hydrogen-bond acceptors (Lipinski definition) is 12. The van der Waals surface area contributed by atoms with E-state index in [-0.39, 0.29) is 82.4 Å². The lowest BCUT2D eigenvalue weighted by Crippen LogP contribution is -2.54. The van der Waals surface area contributed by atoms with E-state index in [0.29, 0.717) is 29.4 Å². The van der Waals surface area contributed by atoms with Crippen LogP contribution in [0.3, 0.4) is 0 Å². The summed E-state index contributed by atoms with van der Waals surface area (Å²) in [7, 11) is 0. The lowest BCUT2D eigenvalue weighted by molar-refractivity contribution is -0.142. The predicted molar refractivity (Wildman–Crippen MR) is 323 cm³/mol. The molecule has 8 N–H and O–H groups in total. The number of nitrogens with two attached hydrogens (primary N) is 1. The van der Waals surface area contributed by atoms with E-state index in [1.807, 2.05) is 60.7 Å². The molecule has 9 amide bonds. The molecule has 0 spiro atoms. The molecule has 0 radical (unpaired) electrons. The zero-order valence-corrected chi connectivity index (χ0v) is 50.1. The van der Waals surface area contributed by atoms with Crippen molar-refractivity contribution in [3.8, 4) is 0 Å². The molecule has 2 aliphatic carbocycles. The second kappa shape index (κ2) is 35.0. The van der Waals surface area contributed by atoms with Crippen molar-refractivity contribution in [2.24, 2.45) is 17.6 Å². The Kier molecular flexibility index (Phi) is 27.4. The molecule has 2 heterocycles. The van der Waals surface area contributed by atoms with Crippen LogP contribution in [0, 0.1) is 11.8 Å². The third-order valence-corrected chi connectivity index (χ3v) is 16.6. The Morgan fingerprint density at radius 1 is 0.558 bits per heavy atom. The summed E-state index contributed by atoms with van der Waals surface area (Å²) in [5.74, 6) is -6.23. The number of carboxylic acid groups (broad SMARTS) is 2. The molecule has 2 bridgehead atoms. The Hall–Kier alpha value is -7.82. The minimum Gasteiger partial charge on any atom is -0.481 e. The maximum atomic E-state index is 14.4. The first kappa shape index (κ1) is 67.3. The van der Waals surface area contributed by atoms with Crippen molar-refractivity contribution in [2.75, 3.05) is 58.1 Å². The first-order chi connectivity index (χ1) is 41.2. The van der Waals surface area contributed by atoms with Crippen LogP contribution in [0.25, 0.3) is 0 Å².